The Morgan fingerprint density at radius 2 is 1.72 bits per heavy atom. The summed E-state index contributed by atoms with van der Waals surface area (Å²) in [6.07, 6.45) is 1.12. The zero-order chi connectivity index (χ0) is 12.5. The molecule has 0 radical (unpaired) electrons. The average molecular weight is 276 g/mol. The lowest BCUT2D eigenvalue weighted by Gasteiger charge is -1.93. The highest BCUT2D eigenvalue weighted by molar-refractivity contribution is 7.23. The summed E-state index contributed by atoms with van der Waals surface area (Å²) in [6, 6.07) is 9.18. The number of fused-ring (bicyclic) bond motifs is 2. The first-order valence-electron chi connectivity index (χ1n) is 6.08. The minimum atomic E-state index is 1.05. The van der Waals surface area contributed by atoms with Gasteiger partial charge in [0.1, 0.15) is 0 Å². The van der Waals surface area contributed by atoms with Gasteiger partial charge < -0.3 is 10.6 Å². The fourth-order valence-corrected chi connectivity index (χ4v) is 4.22. The predicted molar refractivity (Wildman–Crippen MR) is 84.4 cm³/mol. The Labute approximate surface area is 115 Å². The van der Waals surface area contributed by atoms with Crippen LogP contribution in [0.15, 0.2) is 24.3 Å². The fraction of sp³-hybridized carbons (Fsp3) is 0.286. The number of hydrogen-bond donors (Lipinski definition) is 2. The zero-order valence-electron chi connectivity index (χ0n) is 10.5. The van der Waals surface area contributed by atoms with E-state index in [4.69, 9.17) is 0 Å². The smallest absolute Gasteiger partial charge is 0.0892 e. The van der Waals surface area contributed by atoms with E-state index in [1.54, 1.807) is 0 Å². The standard InChI is InChI=1S/C14H16N2S2/c1-15-4-3-11-6-9-5-10-7-14(16-2)18-13(10)8-12(9)17-11/h5-8,15-16H,3-4H2,1-2H3. The van der Waals surface area contributed by atoms with Crippen LogP contribution in [0, 0.1) is 0 Å². The molecule has 2 N–H and O–H groups in total. The van der Waals surface area contributed by atoms with Crippen LogP contribution in [0.1, 0.15) is 4.88 Å². The van der Waals surface area contributed by atoms with Crippen LogP contribution in [-0.2, 0) is 6.42 Å². The van der Waals surface area contributed by atoms with Gasteiger partial charge in [-0.2, -0.15) is 0 Å². The zero-order valence-corrected chi connectivity index (χ0v) is 12.2. The van der Waals surface area contributed by atoms with E-state index < -0.39 is 0 Å². The molecule has 0 unspecified atom stereocenters. The minimum Gasteiger partial charge on any atom is -0.380 e. The lowest BCUT2D eigenvalue weighted by atomic mass is 10.2. The third-order valence-electron chi connectivity index (χ3n) is 3.07. The molecule has 0 atom stereocenters. The molecule has 0 bridgehead atoms. The number of thiophene rings is 2. The van der Waals surface area contributed by atoms with Gasteiger partial charge >= 0.3 is 0 Å². The second kappa shape index (κ2) is 4.88. The van der Waals surface area contributed by atoms with Crippen molar-refractivity contribution in [1.82, 2.24) is 5.32 Å². The van der Waals surface area contributed by atoms with Crippen molar-refractivity contribution in [3.63, 3.8) is 0 Å². The van der Waals surface area contributed by atoms with Crippen molar-refractivity contribution in [1.29, 1.82) is 0 Å². The highest BCUT2D eigenvalue weighted by Gasteiger charge is 2.06. The maximum Gasteiger partial charge on any atom is 0.0892 e. The lowest BCUT2D eigenvalue weighted by Crippen LogP contribution is -2.09. The van der Waals surface area contributed by atoms with Gasteiger partial charge in [-0.1, -0.05) is 0 Å². The van der Waals surface area contributed by atoms with Gasteiger partial charge in [0.2, 0.25) is 0 Å². The van der Waals surface area contributed by atoms with Gasteiger partial charge in [-0.05, 0) is 55.1 Å². The molecule has 0 aliphatic rings. The van der Waals surface area contributed by atoms with Gasteiger partial charge in [-0.15, -0.1) is 22.7 Å². The summed E-state index contributed by atoms with van der Waals surface area (Å²) in [5.74, 6) is 0. The second-order valence-electron chi connectivity index (χ2n) is 4.35. The van der Waals surface area contributed by atoms with Crippen molar-refractivity contribution < 1.29 is 0 Å². The van der Waals surface area contributed by atoms with Crippen LogP contribution in [0.4, 0.5) is 5.00 Å². The molecular weight excluding hydrogens is 260 g/mol. The van der Waals surface area contributed by atoms with Crippen LogP contribution in [-0.4, -0.2) is 20.6 Å². The van der Waals surface area contributed by atoms with Gasteiger partial charge in [0.05, 0.1) is 5.00 Å². The molecule has 2 heterocycles. The van der Waals surface area contributed by atoms with Crippen LogP contribution in [0.3, 0.4) is 0 Å². The molecule has 0 aliphatic carbocycles. The Balaban J connectivity index is 2.06. The molecule has 0 spiro atoms. The first-order valence-corrected chi connectivity index (χ1v) is 7.72. The van der Waals surface area contributed by atoms with E-state index in [0.29, 0.717) is 0 Å². The summed E-state index contributed by atoms with van der Waals surface area (Å²) >= 11 is 3.74. The van der Waals surface area contributed by atoms with Gasteiger partial charge in [0, 0.05) is 21.3 Å². The molecule has 2 aromatic heterocycles. The molecule has 0 saturated heterocycles. The fourth-order valence-electron chi connectivity index (χ4n) is 2.13. The lowest BCUT2D eigenvalue weighted by molar-refractivity contribution is 0.799. The third-order valence-corrected chi connectivity index (χ3v) is 5.35. The highest BCUT2D eigenvalue weighted by atomic mass is 32.1. The summed E-state index contributed by atoms with van der Waals surface area (Å²) in [4.78, 5) is 1.46. The number of anilines is 1. The number of benzene rings is 1. The van der Waals surface area contributed by atoms with Crippen LogP contribution >= 0.6 is 22.7 Å². The van der Waals surface area contributed by atoms with Gasteiger partial charge in [-0.25, -0.2) is 0 Å². The van der Waals surface area contributed by atoms with Crippen LogP contribution in [0.5, 0.6) is 0 Å². The van der Waals surface area contributed by atoms with Crippen LogP contribution < -0.4 is 10.6 Å². The normalized spacial score (nSPS) is 11.4. The molecule has 3 aromatic rings. The van der Waals surface area contributed by atoms with E-state index in [-0.39, 0.29) is 0 Å². The SMILES string of the molecule is CNCCc1cc2cc3cc(NC)sc3cc2s1. The molecule has 0 aliphatic heterocycles. The van der Waals surface area contributed by atoms with Crippen LogP contribution in [0.25, 0.3) is 20.2 Å². The van der Waals surface area contributed by atoms with Crippen LogP contribution in [0.2, 0.25) is 0 Å². The maximum atomic E-state index is 3.22. The van der Waals surface area contributed by atoms with Crippen molar-refractivity contribution in [3.05, 3.63) is 29.1 Å². The molecule has 94 valence electrons. The van der Waals surface area contributed by atoms with Crippen molar-refractivity contribution in [2.45, 2.75) is 6.42 Å². The van der Waals surface area contributed by atoms with Crippen molar-refractivity contribution >= 4 is 47.8 Å². The highest BCUT2D eigenvalue weighted by Crippen LogP contribution is 2.36. The Hall–Kier alpha value is -1.10. The summed E-state index contributed by atoms with van der Waals surface area (Å²) in [6.45, 7) is 1.05. The van der Waals surface area contributed by atoms with Gasteiger partial charge in [0.15, 0.2) is 0 Å². The molecule has 3 rings (SSSR count). The molecule has 1 aromatic carbocycles. The molecule has 18 heavy (non-hydrogen) atoms. The van der Waals surface area contributed by atoms with Crippen molar-refractivity contribution in [2.24, 2.45) is 0 Å². The van der Waals surface area contributed by atoms with E-state index in [2.05, 4.69) is 34.9 Å². The van der Waals surface area contributed by atoms with E-state index in [9.17, 15) is 0 Å². The Morgan fingerprint density at radius 3 is 2.50 bits per heavy atom. The van der Waals surface area contributed by atoms with E-state index >= 15 is 0 Å². The van der Waals surface area contributed by atoms with Gasteiger partial charge in [0.25, 0.3) is 0 Å². The largest absolute Gasteiger partial charge is 0.380 e. The first kappa shape index (κ1) is 12.0. The third kappa shape index (κ3) is 2.11. The first-order chi connectivity index (χ1) is 8.80. The summed E-state index contributed by atoms with van der Waals surface area (Å²) in [5.41, 5.74) is 0. The maximum absolute atomic E-state index is 3.22. The minimum absolute atomic E-state index is 1.05. The summed E-state index contributed by atoms with van der Waals surface area (Å²) in [5, 5.41) is 10.4. The monoisotopic (exact) mass is 276 g/mol. The second-order valence-corrected chi connectivity index (χ2v) is 6.61. The Bertz CT molecular complexity index is 631. The molecule has 2 nitrogen and oxygen atoms in total. The van der Waals surface area contributed by atoms with E-state index in [1.165, 1.54) is 30.1 Å². The summed E-state index contributed by atoms with van der Waals surface area (Å²) < 4.78 is 2.77. The van der Waals surface area contributed by atoms with E-state index in [0.717, 1.165) is 13.0 Å². The van der Waals surface area contributed by atoms with Crippen molar-refractivity contribution in [2.75, 3.05) is 26.0 Å². The predicted octanol–water partition coefficient (Wildman–Crippen LogP) is 3.92. The Kier molecular flexibility index (Phi) is 3.24. The molecular formula is C14H16N2S2. The molecule has 0 saturated carbocycles. The van der Waals surface area contributed by atoms with Crippen molar-refractivity contribution in [3.8, 4) is 0 Å². The number of nitrogens with one attached hydrogen (secondary N) is 2. The molecule has 4 heteroatoms. The average Bonchev–Trinajstić information content (AvgIpc) is 2.94. The number of hydrogen-bond acceptors (Lipinski definition) is 4. The summed E-state index contributed by atoms with van der Waals surface area (Å²) in [7, 11) is 3.98. The van der Waals surface area contributed by atoms with E-state index in [1.807, 2.05) is 36.8 Å². The molecule has 0 fully saturated rings. The number of rotatable bonds is 4. The molecule has 0 amide bonds. The van der Waals surface area contributed by atoms with Gasteiger partial charge in [-0.3, -0.25) is 0 Å². The Morgan fingerprint density at radius 1 is 0.944 bits per heavy atom. The number of likely N-dealkylation sites (N-methyl/N-ethyl adjacent to an activating group) is 1. The quantitative estimate of drug-likeness (QED) is 0.754. The topological polar surface area (TPSA) is 24.1 Å².